The Kier molecular flexibility index (Phi) is 4.18. The molecule has 3 atom stereocenters. The predicted octanol–water partition coefficient (Wildman–Crippen LogP) is 3.79. The van der Waals surface area contributed by atoms with Crippen LogP contribution < -0.4 is 0 Å². The van der Waals surface area contributed by atoms with Crippen LogP contribution in [0.25, 0.3) is 0 Å². The van der Waals surface area contributed by atoms with Gasteiger partial charge >= 0.3 is 0 Å². The Hall–Kier alpha value is -0.300. The molecule has 1 nitrogen and oxygen atoms in total. The molecule has 0 amide bonds. The molecule has 1 heterocycles. The fourth-order valence-electron chi connectivity index (χ4n) is 2.31. The summed E-state index contributed by atoms with van der Waals surface area (Å²) in [6, 6.07) is 0. The summed E-state index contributed by atoms with van der Waals surface area (Å²) in [6.45, 7) is 12.9. The van der Waals surface area contributed by atoms with E-state index < -0.39 is 0 Å². The maximum absolute atomic E-state index is 6.01. The molecule has 0 unspecified atom stereocenters. The summed E-state index contributed by atoms with van der Waals surface area (Å²) in [5.41, 5.74) is 1.29. The first kappa shape index (κ1) is 11.8. The van der Waals surface area contributed by atoms with E-state index in [9.17, 15) is 0 Å². The summed E-state index contributed by atoms with van der Waals surface area (Å²) < 4.78 is 6.01. The minimum atomic E-state index is 0.413. The largest absolute Gasteiger partial charge is 0.375 e. The lowest BCUT2D eigenvalue weighted by Crippen LogP contribution is -2.35. The van der Waals surface area contributed by atoms with Crippen molar-refractivity contribution in [3.05, 3.63) is 12.2 Å². The Morgan fingerprint density at radius 2 is 2.07 bits per heavy atom. The van der Waals surface area contributed by atoms with Crippen molar-refractivity contribution in [2.45, 2.75) is 59.2 Å². The Bertz CT molecular complexity index is 193. The van der Waals surface area contributed by atoms with Crippen molar-refractivity contribution in [3.63, 3.8) is 0 Å². The zero-order valence-corrected chi connectivity index (χ0v) is 10.0. The van der Waals surface area contributed by atoms with E-state index in [1.165, 1.54) is 24.8 Å². The van der Waals surface area contributed by atoms with Crippen LogP contribution in [-0.2, 0) is 4.74 Å². The summed E-state index contributed by atoms with van der Waals surface area (Å²) in [6.07, 6.45) is 4.47. The molecular formula is C13H24O. The SMILES string of the molecule is C=C(C)[C@H]1CC[C@@H](C)O[C@H]1CC(C)C. The Morgan fingerprint density at radius 1 is 1.43 bits per heavy atom. The summed E-state index contributed by atoms with van der Waals surface area (Å²) in [7, 11) is 0. The van der Waals surface area contributed by atoms with Crippen LogP contribution in [0.5, 0.6) is 0 Å². The van der Waals surface area contributed by atoms with Crippen molar-refractivity contribution in [2.24, 2.45) is 11.8 Å². The van der Waals surface area contributed by atoms with Gasteiger partial charge in [0.25, 0.3) is 0 Å². The van der Waals surface area contributed by atoms with E-state index in [1.54, 1.807) is 0 Å². The average molecular weight is 196 g/mol. The van der Waals surface area contributed by atoms with E-state index in [1.807, 2.05) is 0 Å². The van der Waals surface area contributed by atoms with E-state index in [2.05, 4.69) is 34.3 Å². The highest BCUT2D eigenvalue weighted by Crippen LogP contribution is 2.32. The van der Waals surface area contributed by atoms with Gasteiger partial charge in [-0.05, 0) is 39.0 Å². The highest BCUT2D eigenvalue weighted by atomic mass is 16.5. The molecule has 0 aromatic rings. The van der Waals surface area contributed by atoms with Crippen LogP contribution in [0.3, 0.4) is 0 Å². The molecule has 0 aromatic carbocycles. The molecule has 1 heteroatoms. The maximum Gasteiger partial charge on any atom is 0.0646 e. The van der Waals surface area contributed by atoms with Crippen LogP contribution in [0.1, 0.15) is 47.0 Å². The molecule has 0 saturated carbocycles. The third-order valence-electron chi connectivity index (χ3n) is 3.08. The quantitative estimate of drug-likeness (QED) is 0.624. The van der Waals surface area contributed by atoms with E-state index >= 15 is 0 Å². The van der Waals surface area contributed by atoms with E-state index in [0.29, 0.717) is 24.0 Å². The summed E-state index contributed by atoms with van der Waals surface area (Å²) in [5.74, 6) is 1.31. The first-order valence-corrected chi connectivity index (χ1v) is 5.81. The van der Waals surface area contributed by atoms with Gasteiger partial charge in [-0.2, -0.15) is 0 Å². The minimum Gasteiger partial charge on any atom is -0.375 e. The second kappa shape index (κ2) is 4.97. The van der Waals surface area contributed by atoms with Crippen LogP contribution >= 0.6 is 0 Å². The lowest BCUT2D eigenvalue weighted by molar-refractivity contribution is -0.0732. The topological polar surface area (TPSA) is 9.23 Å². The highest BCUT2D eigenvalue weighted by Gasteiger charge is 2.29. The molecule has 1 aliphatic rings. The first-order chi connectivity index (χ1) is 6.50. The fourth-order valence-corrected chi connectivity index (χ4v) is 2.31. The van der Waals surface area contributed by atoms with Gasteiger partial charge in [-0.3, -0.25) is 0 Å². The zero-order chi connectivity index (χ0) is 10.7. The van der Waals surface area contributed by atoms with Crippen LogP contribution in [0.4, 0.5) is 0 Å². The molecule has 0 radical (unpaired) electrons. The van der Waals surface area contributed by atoms with Gasteiger partial charge in [0.2, 0.25) is 0 Å². The van der Waals surface area contributed by atoms with Gasteiger partial charge in [-0.1, -0.05) is 26.0 Å². The van der Waals surface area contributed by atoms with Gasteiger partial charge < -0.3 is 4.74 Å². The molecule has 0 aliphatic carbocycles. The standard InChI is InChI=1S/C13H24O/c1-9(2)8-13-12(10(3)4)7-6-11(5)14-13/h9,11-13H,3,6-8H2,1-2,4-5H3/t11-,12-,13+/m1/s1. The van der Waals surface area contributed by atoms with Crippen LogP contribution in [-0.4, -0.2) is 12.2 Å². The van der Waals surface area contributed by atoms with Gasteiger partial charge in [-0.25, -0.2) is 0 Å². The van der Waals surface area contributed by atoms with Crippen molar-refractivity contribution < 1.29 is 4.74 Å². The monoisotopic (exact) mass is 196 g/mol. The van der Waals surface area contributed by atoms with E-state index in [4.69, 9.17) is 4.74 Å². The van der Waals surface area contributed by atoms with Gasteiger partial charge in [0.15, 0.2) is 0 Å². The van der Waals surface area contributed by atoms with Gasteiger partial charge in [0, 0.05) is 5.92 Å². The molecule has 0 spiro atoms. The Morgan fingerprint density at radius 3 is 2.57 bits per heavy atom. The van der Waals surface area contributed by atoms with Crippen molar-refractivity contribution in [1.29, 1.82) is 0 Å². The van der Waals surface area contributed by atoms with Crippen molar-refractivity contribution >= 4 is 0 Å². The second-order valence-electron chi connectivity index (χ2n) is 5.14. The third-order valence-corrected chi connectivity index (χ3v) is 3.08. The van der Waals surface area contributed by atoms with Crippen LogP contribution in [0, 0.1) is 11.8 Å². The van der Waals surface area contributed by atoms with Gasteiger partial charge in [0.1, 0.15) is 0 Å². The molecule has 0 aromatic heterocycles. The molecule has 1 fully saturated rings. The third kappa shape index (κ3) is 3.13. The molecular weight excluding hydrogens is 172 g/mol. The van der Waals surface area contributed by atoms with E-state index in [0.717, 1.165) is 0 Å². The molecule has 1 rings (SSSR count). The van der Waals surface area contributed by atoms with Crippen LogP contribution in [0.15, 0.2) is 12.2 Å². The smallest absolute Gasteiger partial charge is 0.0646 e. The van der Waals surface area contributed by atoms with E-state index in [-0.39, 0.29) is 0 Å². The Labute approximate surface area is 88.5 Å². The predicted molar refractivity (Wildman–Crippen MR) is 61.3 cm³/mol. The van der Waals surface area contributed by atoms with Gasteiger partial charge in [0.05, 0.1) is 12.2 Å². The van der Waals surface area contributed by atoms with Crippen molar-refractivity contribution in [3.8, 4) is 0 Å². The summed E-state index contributed by atoms with van der Waals surface area (Å²) in [5, 5.41) is 0. The summed E-state index contributed by atoms with van der Waals surface area (Å²) in [4.78, 5) is 0. The van der Waals surface area contributed by atoms with Gasteiger partial charge in [-0.15, -0.1) is 0 Å². The maximum atomic E-state index is 6.01. The average Bonchev–Trinajstić information content (AvgIpc) is 2.01. The number of hydrogen-bond acceptors (Lipinski definition) is 1. The van der Waals surface area contributed by atoms with Crippen molar-refractivity contribution in [2.75, 3.05) is 0 Å². The minimum absolute atomic E-state index is 0.413. The molecule has 14 heavy (non-hydrogen) atoms. The molecule has 82 valence electrons. The fraction of sp³-hybridized carbons (Fsp3) is 0.846. The highest BCUT2D eigenvalue weighted by molar-refractivity contribution is 5.01. The normalized spacial score (nSPS) is 33.4. The Balaban J connectivity index is 2.59. The zero-order valence-electron chi connectivity index (χ0n) is 10.0. The van der Waals surface area contributed by atoms with Crippen molar-refractivity contribution in [1.82, 2.24) is 0 Å². The lowest BCUT2D eigenvalue weighted by Gasteiger charge is -2.36. The molecule has 0 N–H and O–H groups in total. The number of hydrogen-bond donors (Lipinski definition) is 0. The summed E-state index contributed by atoms with van der Waals surface area (Å²) >= 11 is 0. The van der Waals surface area contributed by atoms with Crippen LogP contribution in [0.2, 0.25) is 0 Å². The second-order valence-corrected chi connectivity index (χ2v) is 5.14. The number of ether oxygens (including phenoxy) is 1. The lowest BCUT2D eigenvalue weighted by atomic mass is 9.83. The first-order valence-electron chi connectivity index (χ1n) is 5.81. The number of rotatable bonds is 3. The molecule has 0 bridgehead atoms. The molecule has 1 aliphatic heterocycles. The molecule has 1 saturated heterocycles.